The van der Waals surface area contributed by atoms with E-state index in [1.165, 1.54) is 12.3 Å². The van der Waals surface area contributed by atoms with Crippen LogP contribution in [0.3, 0.4) is 0 Å². The van der Waals surface area contributed by atoms with Crippen LogP contribution in [0.15, 0.2) is 39.8 Å². The highest BCUT2D eigenvalue weighted by Crippen LogP contribution is 2.29. The number of sulfonamides is 1. The molecule has 1 aromatic carbocycles. The van der Waals surface area contributed by atoms with Gasteiger partial charge in [0.2, 0.25) is 15.3 Å². The molecule has 0 bridgehead atoms. The zero-order chi connectivity index (χ0) is 23.7. The van der Waals surface area contributed by atoms with Crippen molar-refractivity contribution in [2.24, 2.45) is 5.14 Å². The third-order valence-electron chi connectivity index (χ3n) is 3.94. The number of nitrogens with one attached hydrogen (secondary N) is 1. The first kappa shape index (κ1) is 25.7. The van der Waals surface area contributed by atoms with Crippen molar-refractivity contribution in [1.29, 1.82) is 0 Å². The third-order valence-corrected chi connectivity index (χ3v) is 5.51. The van der Waals surface area contributed by atoms with E-state index in [0.29, 0.717) is 5.76 Å². The van der Waals surface area contributed by atoms with Gasteiger partial charge in [-0.05, 0) is 35.9 Å². The summed E-state index contributed by atoms with van der Waals surface area (Å²) in [6, 6.07) is 5.66. The minimum Gasteiger partial charge on any atom is -0.467 e. The number of primary sulfonamides is 1. The van der Waals surface area contributed by atoms with Crippen molar-refractivity contribution >= 4 is 56.1 Å². The number of anilines is 1. The number of hydrogen-bond donors (Lipinski definition) is 2. The average molecular weight is 507 g/mol. The van der Waals surface area contributed by atoms with Crippen LogP contribution in [0.1, 0.15) is 35.4 Å². The van der Waals surface area contributed by atoms with E-state index in [2.05, 4.69) is 5.32 Å². The van der Waals surface area contributed by atoms with Crippen LogP contribution in [-0.4, -0.2) is 38.8 Å². The van der Waals surface area contributed by atoms with Crippen molar-refractivity contribution in [3.63, 3.8) is 0 Å². The Labute approximate surface area is 194 Å². The van der Waals surface area contributed by atoms with Crippen LogP contribution in [-0.2, 0) is 35.6 Å². The number of halogens is 2. The second-order valence-electron chi connectivity index (χ2n) is 6.37. The maximum Gasteiger partial charge on any atom is 0.340 e. The van der Waals surface area contributed by atoms with Gasteiger partial charge in [-0.15, -0.1) is 0 Å². The van der Waals surface area contributed by atoms with Gasteiger partial charge in [-0.25, -0.2) is 18.4 Å². The van der Waals surface area contributed by atoms with Gasteiger partial charge in [-0.1, -0.05) is 11.6 Å². The monoisotopic (exact) mass is 506 g/mol. The van der Waals surface area contributed by atoms with E-state index in [-0.39, 0.29) is 55.3 Å². The number of rotatable bonds is 12. The maximum atomic E-state index is 12.6. The van der Waals surface area contributed by atoms with Crippen molar-refractivity contribution in [3.8, 4) is 0 Å². The summed E-state index contributed by atoms with van der Waals surface area (Å²) in [5.41, 5.74) is 0.101. The highest BCUT2D eigenvalue weighted by molar-refractivity contribution is 7.89. The molecule has 0 aliphatic carbocycles. The molecule has 1 heterocycles. The molecule has 0 amide bonds. The largest absolute Gasteiger partial charge is 0.467 e. The van der Waals surface area contributed by atoms with Gasteiger partial charge in [-0.3, -0.25) is 9.59 Å². The molecule has 0 saturated carbocycles. The van der Waals surface area contributed by atoms with Crippen LogP contribution in [0, 0.1) is 0 Å². The number of furan rings is 1. The van der Waals surface area contributed by atoms with Crippen LogP contribution in [0.5, 0.6) is 0 Å². The summed E-state index contributed by atoms with van der Waals surface area (Å²) in [4.78, 5) is 34.2. The van der Waals surface area contributed by atoms with Crippen LogP contribution in [0.25, 0.3) is 0 Å². The SMILES string of the molecule is NS(=O)(=O)c1cc(C(=O)OCCCOC(=O)CCC(=O)Cl)c(NCc2ccco2)cc1Cl. The summed E-state index contributed by atoms with van der Waals surface area (Å²) >= 11 is 11.2. The van der Waals surface area contributed by atoms with Crippen LogP contribution < -0.4 is 10.5 Å². The van der Waals surface area contributed by atoms with Crippen molar-refractivity contribution in [2.45, 2.75) is 30.7 Å². The molecular weight excluding hydrogens is 487 g/mol. The van der Waals surface area contributed by atoms with Crippen LogP contribution >= 0.6 is 23.2 Å². The summed E-state index contributed by atoms with van der Waals surface area (Å²) in [6.45, 7) is 0.0276. The lowest BCUT2D eigenvalue weighted by Crippen LogP contribution is -2.17. The second kappa shape index (κ2) is 11.9. The fraction of sp³-hybridized carbons (Fsp3) is 0.316. The maximum absolute atomic E-state index is 12.6. The molecule has 0 fully saturated rings. The predicted octanol–water partition coefficient (Wildman–Crippen LogP) is 2.83. The van der Waals surface area contributed by atoms with E-state index in [1.54, 1.807) is 12.1 Å². The Morgan fingerprint density at radius 2 is 1.84 bits per heavy atom. The highest BCUT2D eigenvalue weighted by atomic mass is 35.5. The molecule has 2 aromatic rings. The second-order valence-corrected chi connectivity index (χ2v) is 8.73. The first-order chi connectivity index (χ1) is 15.1. The van der Waals surface area contributed by atoms with E-state index in [4.69, 9.17) is 42.2 Å². The fourth-order valence-electron chi connectivity index (χ4n) is 2.44. The lowest BCUT2D eigenvalue weighted by molar-refractivity contribution is -0.144. The quantitative estimate of drug-likeness (QED) is 0.251. The molecule has 0 aliphatic heterocycles. The van der Waals surface area contributed by atoms with Gasteiger partial charge in [0.15, 0.2) is 0 Å². The Balaban J connectivity index is 2.02. The van der Waals surface area contributed by atoms with E-state index in [9.17, 15) is 22.8 Å². The molecular formula is C19H20Cl2N2O8S. The molecule has 0 unspecified atom stereocenters. The first-order valence-electron chi connectivity index (χ1n) is 9.21. The molecule has 0 saturated heterocycles. The minimum atomic E-state index is -4.19. The third kappa shape index (κ3) is 8.15. The average Bonchev–Trinajstić information content (AvgIpc) is 3.23. The number of hydrogen-bond acceptors (Lipinski definition) is 9. The minimum absolute atomic E-state index is 0.0464. The van der Waals surface area contributed by atoms with Crippen LogP contribution in [0.4, 0.5) is 5.69 Å². The summed E-state index contributed by atoms with van der Waals surface area (Å²) < 4.78 is 38.8. The van der Waals surface area contributed by atoms with Gasteiger partial charge in [0.25, 0.3) is 0 Å². The van der Waals surface area contributed by atoms with Crippen LogP contribution in [0.2, 0.25) is 5.02 Å². The fourth-order valence-corrected chi connectivity index (χ4v) is 3.64. The lowest BCUT2D eigenvalue weighted by Gasteiger charge is -2.14. The molecule has 3 N–H and O–H groups in total. The van der Waals surface area contributed by atoms with Crippen molar-refractivity contribution < 1.29 is 36.7 Å². The van der Waals surface area contributed by atoms with E-state index >= 15 is 0 Å². The number of benzene rings is 1. The van der Waals surface area contributed by atoms with Gasteiger partial charge in [0, 0.05) is 12.8 Å². The standard InChI is InChI=1S/C19H20Cl2N2O8S/c20-14-10-15(23-11-12-3-1-6-29-12)13(9-16(14)32(22,27)28)19(26)31-8-2-7-30-18(25)5-4-17(21)24/h1,3,6,9-10,23H,2,4-5,7-8,11H2,(H2,22,27,28). The smallest absolute Gasteiger partial charge is 0.340 e. The molecule has 174 valence electrons. The highest BCUT2D eigenvalue weighted by Gasteiger charge is 2.21. The summed E-state index contributed by atoms with van der Waals surface area (Å²) in [5, 5.41) is 7.28. The van der Waals surface area contributed by atoms with Gasteiger partial charge >= 0.3 is 11.9 Å². The van der Waals surface area contributed by atoms with Crippen molar-refractivity contribution in [1.82, 2.24) is 0 Å². The zero-order valence-corrected chi connectivity index (χ0v) is 19.0. The molecule has 0 radical (unpaired) electrons. The van der Waals surface area contributed by atoms with E-state index < -0.39 is 32.1 Å². The summed E-state index contributed by atoms with van der Waals surface area (Å²) in [5.74, 6) is -0.883. The van der Waals surface area contributed by atoms with Crippen molar-refractivity contribution in [2.75, 3.05) is 18.5 Å². The van der Waals surface area contributed by atoms with Gasteiger partial charge in [0.1, 0.15) is 10.7 Å². The number of esters is 2. The molecule has 0 atom stereocenters. The Hall–Kier alpha value is -2.60. The number of nitrogens with two attached hydrogens (primary N) is 1. The van der Waals surface area contributed by atoms with E-state index in [0.717, 1.165) is 6.07 Å². The van der Waals surface area contributed by atoms with Gasteiger partial charge < -0.3 is 19.2 Å². The normalized spacial score (nSPS) is 11.1. The summed E-state index contributed by atoms with van der Waals surface area (Å²) in [7, 11) is -4.19. The van der Waals surface area contributed by atoms with Gasteiger partial charge in [-0.2, -0.15) is 0 Å². The van der Waals surface area contributed by atoms with Crippen molar-refractivity contribution in [3.05, 3.63) is 46.9 Å². The molecule has 0 aliphatic rings. The zero-order valence-electron chi connectivity index (χ0n) is 16.6. The lowest BCUT2D eigenvalue weighted by atomic mass is 10.1. The Morgan fingerprint density at radius 3 is 2.47 bits per heavy atom. The Bertz CT molecular complexity index is 1070. The molecule has 13 heteroatoms. The predicted molar refractivity (Wildman–Crippen MR) is 115 cm³/mol. The molecule has 2 rings (SSSR count). The van der Waals surface area contributed by atoms with E-state index in [1.807, 2.05) is 0 Å². The number of ether oxygens (including phenoxy) is 2. The molecule has 32 heavy (non-hydrogen) atoms. The number of carbonyl (C=O) groups is 3. The Morgan fingerprint density at radius 1 is 1.12 bits per heavy atom. The topological polar surface area (TPSA) is 155 Å². The summed E-state index contributed by atoms with van der Waals surface area (Å²) in [6.07, 6.45) is 1.38. The van der Waals surface area contributed by atoms with Gasteiger partial charge in [0.05, 0.1) is 48.7 Å². The molecule has 10 nitrogen and oxygen atoms in total. The first-order valence-corrected chi connectivity index (χ1v) is 11.5. The number of carbonyl (C=O) groups excluding carboxylic acids is 3. The Kier molecular flexibility index (Phi) is 9.51. The molecule has 1 aromatic heterocycles. The molecule has 0 spiro atoms.